The van der Waals surface area contributed by atoms with Crippen molar-refractivity contribution in [3.05, 3.63) is 48.0 Å². The lowest BCUT2D eigenvalue weighted by Gasteiger charge is -2.10. The van der Waals surface area contributed by atoms with Crippen LogP contribution in [0, 0.1) is 6.92 Å². The van der Waals surface area contributed by atoms with Gasteiger partial charge in [-0.3, -0.25) is 0 Å². The Morgan fingerprint density at radius 3 is 2.31 bits per heavy atom. The molecule has 0 bridgehead atoms. The third-order valence-corrected chi connectivity index (χ3v) is 2.28. The molecule has 2 aromatic rings. The zero-order chi connectivity index (χ0) is 11.5. The van der Waals surface area contributed by atoms with Crippen LogP contribution in [0.15, 0.2) is 42.5 Å². The number of ether oxygens (including phenoxy) is 1. The zero-order valence-corrected chi connectivity index (χ0v) is 8.84. The minimum atomic E-state index is -0.0769. The summed E-state index contributed by atoms with van der Waals surface area (Å²) in [5.41, 5.74) is 0.656. The fourth-order valence-electron chi connectivity index (χ4n) is 1.37. The van der Waals surface area contributed by atoms with E-state index in [9.17, 15) is 10.2 Å². The van der Waals surface area contributed by atoms with E-state index in [0.717, 1.165) is 0 Å². The van der Waals surface area contributed by atoms with Crippen LogP contribution >= 0.6 is 0 Å². The summed E-state index contributed by atoms with van der Waals surface area (Å²) in [6, 6.07) is 12.1. The summed E-state index contributed by atoms with van der Waals surface area (Å²) in [6.07, 6.45) is 0. The van der Waals surface area contributed by atoms with Gasteiger partial charge in [0.1, 0.15) is 5.75 Å². The van der Waals surface area contributed by atoms with E-state index in [4.69, 9.17) is 4.74 Å². The number of aryl methyl sites for hydroxylation is 1. The maximum absolute atomic E-state index is 9.75. The molecule has 0 amide bonds. The summed E-state index contributed by atoms with van der Waals surface area (Å²) < 4.78 is 5.42. The number of rotatable bonds is 2. The molecule has 0 atom stereocenters. The standard InChI is InChI=1S/C13H12O3/c1-9-7-8-11(14)13(12(9)15)16-10-5-3-2-4-6-10/h2-8,14-15H,1H3. The van der Waals surface area contributed by atoms with Gasteiger partial charge in [-0.05, 0) is 30.7 Å². The molecule has 0 aliphatic heterocycles. The van der Waals surface area contributed by atoms with Crippen molar-refractivity contribution in [3.63, 3.8) is 0 Å². The lowest BCUT2D eigenvalue weighted by Crippen LogP contribution is -1.87. The average Bonchev–Trinajstić information content (AvgIpc) is 2.31. The molecule has 0 fully saturated rings. The predicted octanol–water partition coefficient (Wildman–Crippen LogP) is 3.20. The Bertz CT molecular complexity index is 492. The number of phenolic OH excluding ortho intramolecular Hbond substituents is 2. The van der Waals surface area contributed by atoms with Gasteiger partial charge in [0, 0.05) is 0 Å². The van der Waals surface area contributed by atoms with Crippen molar-refractivity contribution >= 4 is 0 Å². The number of benzene rings is 2. The van der Waals surface area contributed by atoms with E-state index < -0.39 is 0 Å². The van der Waals surface area contributed by atoms with Gasteiger partial charge < -0.3 is 14.9 Å². The van der Waals surface area contributed by atoms with Crippen molar-refractivity contribution < 1.29 is 14.9 Å². The molecule has 0 aliphatic carbocycles. The van der Waals surface area contributed by atoms with Crippen LogP contribution in [0.25, 0.3) is 0 Å². The van der Waals surface area contributed by atoms with Gasteiger partial charge in [-0.2, -0.15) is 0 Å². The lowest BCUT2D eigenvalue weighted by atomic mass is 10.2. The molecule has 2 rings (SSSR count). The molecule has 0 saturated carbocycles. The van der Waals surface area contributed by atoms with E-state index in [1.165, 1.54) is 6.07 Å². The summed E-state index contributed by atoms with van der Waals surface area (Å²) in [5.74, 6) is 0.542. The summed E-state index contributed by atoms with van der Waals surface area (Å²) in [6.45, 7) is 1.74. The fourth-order valence-corrected chi connectivity index (χ4v) is 1.37. The summed E-state index contributed by atoms with van der Waals surface area (Å²) in [5, 5.41) is 19.3. The Balaban J connectivity index is 2.38. The average molecular weight is 216 g/mol. The summed E-state index contributed by atoms with van der Waals surface area (Å²) >= 11 is 0. The first-order valence-corrected chi connectivity index (χ1v) is 4.93. The van der Waals surface area contributed by atoms with Crippen molar-refractivity contribution in [1.29, 1.82) is 0 Å². The van der Waals surface area contributed by atoms with Crippen molar-refractivity contribution in [2.24, 2.45) is 0 Å². The molecule has 0 radical (unpaired) electrons. The van der Waals surface area contributed by atoms with Crippen LogP contribution in [-0.2, 0) is 0 Å². The SMILES string of the molecule is Cc1ccc(O)c(Oc2ccccc2)c1O. The predicted molar refractivity (Wildman–Crippen MR) is 61.0 cm³/mol. The molecule has 3 heteroatoms. The number of hydrogen-bond acceptors (Lipinski definition) is 3. The Morgan fingerprint density at radius 1 is 0.938 bits per heavy atom. The minimum Gasteiger partial charge on any atom is -0.504 e. The van der Waals surface area contributed by atoms with Gasteiger partial charge in [-0.15, -0.1) is 0 Å². The highest BCUT2D eigenvalue weighted by Gasteiger charge is 2.11. The van der Waals surface area contributed by atoms with Crippen LogP contribution in [0.4, 0.5) is 0 Å². The van der Waals surface area contributed by atoms with Gasteiger partial charge in [0.25, 0.3) is 0 Å². The molecule has 0 unspecified atom stereocenters. The molecule has 0 aromatic heterocycles. The molecule has 0 spiro atoms. The second-order valence-electron chi connectivity index (χ2n) is 3.49. The smallest absolute Gasteiger partial charge is 0.210 e. The highest BCUT2D eigenvalue weighted by molar-refractivity contribution is 5.55. The molecule has 3 nitrogen and oxygen atoms in total. The van der Waals surface area contributed by atoms with E-state index in [-0.39, 0.29) is 17.2 Å². The first-order chi connectivity index (χ1) is 7.68. The first kappa shape index (κ1) is 10.4. The van der Waals surface area contributed by atoms with Crippen LogP contribution in [0.3, 0.4) is 0 Å². The Morgan fingerprint density at radius 2 is 1.62 bits per heavy atom. The summed E-state index contributed by atoms with van der Waals surface area (Å²) in [4.78, 5) is 0. The second-order valence-corrected chi connectivity index (χ2v) is 3.49. The van der Waals surface area contributed by atoms with E-state index in [2.05, 4.69) is 0 Å². The fraction of sp³-hybridized carbons (Fsp3) is 0.0769. The van der Waals surface area contributed by atoms with Gasteiger partial charge in [-0.1, -0.05) is 24.3 Å². The molecular weight excluding hydrogens is 204 g/mol. The molecule has 2 N–H and O–H groups in total. The van der Waals surface area contributed by atoms with Crippen molar-refractivity contribution in [2.45, 2.75) is 6.92 Å². The van der Waals surface area contributed by atoms with E-state index >= 15 is 0 Å². The lowest BCUT2D eigenvalue weighted by molar-refractivity contribution is 0.374. The van der Waals surface area contributed by atoms with Crippen molar-refractivity contribution in [2.75, 3.05) is 0 Å². The zero-order valence-electron chi connectivity index (χ0n) is 8.84. The topological polar surface area (TPSA) is 49.7 Å². The van der Waals surface area contributed by atoms with Crippen molar-refractivity contribution in [1.82, 2.24) is 0 Å². The largest absolute Gasteiger partial charge is 0.504 e. The maximum Gasteiger partial charge on any atom is 0.210 e. The molecule has 0 heterocycles. The monoisotopic (exact) mass is 216 g/mol. The number of hydrogen-bond donors (Lipinski definition) is 2. The number of para-hydroxylation sites is 1. The molecule has 0 aliphatic rings. The van der Waals surface area contributed by atoms with Gasteiger partial charge in [0.05, 0.1) is 0 Å². The molecule has 0 saturated heterocycles. The number of aromatic hydroxyl groups is 2. The maximum atomic E-state index is 9.75. The van der Waals surface area contributed by atoms with Crippen molar-refractivity contribution in [3.8, 4) is 23.0 Å². The van der Waals surface area contributed by atoms with Crippen LogP contribution in [0.2, 0.25) is 0 Å². The van der Waals surface area contributed by atoms with Crippen LogP contribution in [0.5, 0.6) is 23.0 Å². The number of phenols is 2. The third kappa shape index (κ3) is 1.93. The molecular formula is C13H12O3. The van der Waals surface area contributed by atoms with Crippen LogP contribution < -0.4 is 4.74 Å². The van der Waals surface area contributed by atoms with E-state index in [1.54, 1.807) is 25.1 Å². The highest BCUT2D eigenvalue weighted by Crippen LogP contribution is 2.40. The quantitative estimate of drug-likeness (QED) is 0.810. The van der Waals surface area contributed by atoms with Crippen LogP contribution in [0.1, 0.15) is 5.56 Å². The van der Waals surface area contributed by atoms with Gasteiger partial charge in [0.2, 0.25) is 5.75 Å². The Kier molecular flexibility index (Phi) is 2.68. The van der Waals surface area contributed by atoms with Gasteiger partial charge in [-0.25, -0.2) is 0 Å². The van der Waals surface area contributed by atoms with Gasteiger partial charge in [0.15, 0.2) is 11.5 Å². The van der Waals surface area contributed by atoms with E-state index in [0.29, 0.717) is 11.3 Å². The van der Waals surface area contributed by atoms with Gasteiger partial charge >= 0.3 is 0 Å². The Hall–Kier alpha value is -2.16. The van der Waals surface area contributed by atoms with E-state index in [1.807, 2.05) is 18.2 Å². The second kappa shape index (κ2) is 4.14. The minimum absolute atomic E-state index is 0.0381. The first-order valence-electron chi connectivity index (χ1n) is 4.93. The molecule has 16 heavy (non-hydrogen) atoms. The molecule has 2 aromatic carbocycles. The Labute approximate surface area is 93.6 Å². The van der Waals surface area contributed by atoms with Crippen LogP contribution in [-0.4, -0.2) is 10.2 Å². The highest BCUT2D eigenvalue weighted by atomic mass is 16.5. The summed E-state index contributed by atoms with van der Waals surface area (Å²) in [7, 11) is 0. The normalized spacial score (nSPS) is 10.1. The molecule has 82 valence electrons. The third-order valence-electron chi connectivity index (χ3n) is 2.28.